The van der Waals surface area contributed by atoms with E-state index in [4.69, 9.17) is 4.98 Å². The third kappa shape index (κ3) is 4.95. The summed E-state index contributed by atoms with van der Waals surface area (Å²) < 4.78 is 0. The van der Waals surface area contributed by atoms with Crippen molar-refractivity contribution in [2.75, 3.05) is 0 Å². The fourth-order valence-corrected chi connectivity index (χ4v) is 7.41. The molecule has 1 amide bonds. The van der Waals surface area contributed by atoms with Gasteiger partial charge in [-0.3, -0.25) is 4.79 Å². The van der Waals surface area contributed by atoms with E-state index in [0.29, 0.717) is 11.8 Å². The first-order valence-electron chi connectivity index (χ1n) is 16.4. The maximum absolute atomic E-state index is 12.1. The van der Waals surface area contributed by atoms with Crippen LogP contribution >= 0.6 is 0 Å². The van der Waals surface area contributed by atoms with E-state index >= 15 is 0 Å². The molecule has 0 fully saturated rings. The summed E-state index contributed by atoms with van der Waals surface area (Å²) in [6.45, 7) is 17.8. The summed E-state index contributed by atoms with van der Waals surface area (Å²) in [4.78, 5) is 33.5. The molecule has 6 nitrogen and oxygen atoms in total. The molecule has 4 aromatic rings. The van der Waals surface area contributed by atoms with Crippen LogP contribution in [0.1, 0.15) is 113 Å². The second kappa shape index (κ2) is 12.7. The quantitative estimate of drug-likeness (QED) is 0.174. The molecule has 226 valence electrons. The minimum Gasteiger partial charge on any atom is -0.355 e. The number of amides is 1. The molecule has 0 saturated heterocycles. The van der Waals surface area contributed by atoms with E-state index in [9.17, 15) is 4.79 Å². The third-order valence-electron chi connectivity index (χ3n) is 9.32. The number of aryl methyl sites for hydroxylation is 6. The Kier molecular flexibility index (Phi) is 9.05. The van der Waals surface area contributed by atoms with Crippen LogP contribution < -0.4 is 5.36 Å². The van der Waals surface area contributed by atoms with Gasteiger partial charge in [-0.2, -0.15) is 0 Å². The number of fused-ring (bicyclic) bond motifs is 8. The van der Waals surface area contributed by atoms with Crippen LogP contribution in [0.5, 0.6) is 0 Å². The van der Waals surface area contributed by atoms with Crippen LogP contribution in [0.3, 0.4) is 0 Å². The van der Waals surface area contributed by atoms with E-state index in [-0.39, 0.29) is 0 Å². The molecule has 0 unspecified atom stereocenters. The van der Waals surface area contributed by atoms with Gasteiger partial charge in [0.15, 0.2) is 0 Å². The zero-order valence-electron chi connectivity index (χ0n) is 27.3. The van der Waals surface area contributed by atoms with Crippen molar-refractivity contribution in [2.45, 2.75) is 107 Å². The van der Waals surface area contributed by atoms with Crippen molar-refractivity contribution in [1.29, 1.82) is 0 Å². The van der Waals surface area contributed by atoms with Gasteiger partial charge >= 0.3 is 0 Å². The van der Waals surface area contributed by atoms with Crippen LogP contribution in [-0.4, -0.2) is 26.3 Å². The van der Waals surface area contributed by atoms with Crippen molar-refractivity contribution in [1.82, 2.24) is 19.9 Å². The monoisotopic (exact) mass is 577 g/mol. The standard InChI is InChI=1S/C37H47N5O/c1-9-22-23(10-2)35-37(38-20-43)36-27(14-6)26(13-5)34(42-36)29(16-8)33-25(12-4)24(11-3)32(41-33)28(15-7)30-18-17-21(39-30)19-31(22)40-35/h17-20,39-40,42H,9-16H2,1-8H3. The Morgan fingerprint density at radius 2 is 1.12 bits per heavy atom. The fourth-order valence-electron chi connectivity index (χ4n) is 7.41. The Labute approximate surface area is 255 Å². The number of nitrogens with zero attached hydrogens (tertiary/aromatic N) is 2. The summed E-state index contributed by atoms with van der Waals surface area (Å²) in [5.41, 5.74) is 18.6. The lowest BCUT2D eigenvalue weighted by molar-refractivity contribution is -0.107. The maximum atomic E-state index is 12.1. The topological polar surface area (TPSA) is 89.7 Å². The van der Waals surface area contributed by atoms with Gasteiger partial charge in [0.2, 0.25) is 6.41 Å². The predicted molar refractivity (Wildman–Crippen MR) is 182 cm³/mol. The first-order chi connectivity index (χ1) is 20.9. The van der Waals surface area contributed by atoms with Crippen LogP contribution in [0.2, 0.25) is 0 Å². The van der Waals surface area contributed by atoms with Gasteiger partial charge in [0.25, 0.3) is 0 Å². The molecule has 5 heterocycles. The van der Waals surface area contributed by atoms with Gasteiger partial charge < -0.3 is 15.0 Å². The first kappa shape index (κ1) is 30.5. The average molecular weight is 578 g/mol. The van der Waals surface area contributed by atoms with Crippen molar-refractivity contribution in [3.8, 4) is 0 Å². The molecule has 0 aliphatic carbocycles. The smallest absolute Gasteiger partial charge is 0.233 e. The number of carbonyl (C=O) groups excluding carboxylic acids is 1. The van der Waals surface area contributed by atoms with Gasteiger partial charge in [0, 0.05) is 33.2 Å². The zero-order valence-corrected chi connectivity index (χ0v) is 27.3. The number of aromatic nitrogens is 4. The highest BCUT2D eigenvalue weighted by Gasteiger charge is 2.25. The van der Waals surface area contributed by atoms with Gasteiger partial charge in [0.05, 0.1) is 22.4 Å². The van der Waals surface area contributed by atoms with E-state index in [2.05, 4.69) is 93.5 Å². The summed E-state index contributed by atoms with van der Waals surface area (Å²) in [5, 5.41) is 0.691. The highest BCUT2D eigenvalue weighted by atomic mass is 16.1. The number of hydrogen-bond donors (Lipinski definition) is 3. The van der Waals surface area contributed by atoms with Crippen LogP contribution in [0.4, 0.5) is 0 Å². The molecule has 0 radical (unpaired) electrons. The second-order valence-corrected chi connectivity index (χ2v) is 11.3. The minimum atomic E-state index is 0.687. The number of rotatable bonds is 9. The maximum Gasteiger partial charge on any atom is 0.233 e. The number of hydrogen-bond acceptors (Lipinski definition) is 2. The molecule has 1 aliphatic heterocycles. The van der Waals surface area contributed by atoms with Crippen molar-refractivity contribution < 1.29 is 4.79 Å². The highest BCUT2D eigenvalue weighted by molar-refractivity contribution is 5.96. The molecular formula is C37H47N5O. The van der Waals surface area contributed by atoms with Crippen molar-refractivity contribution in [3.63, 3.8) is 0 Å². The first-order valence-corrected chi connectivity index (χ1v) is 16.4. The number of allylic oxidation sites excluding steroid dienone is 2. The Morgan fingerprint density at radius 3 is 1.67 bits per heavy atom. The lowest BCUT2D eigenvalue weighted by Crippen LogP contribution is -2.08. The number of carbonyl (C=O) groups is 1. The van der Waals surface area contributed by atoms with E-state index in [0.717, 1.165) is 95.9 Å². The van der Waals surface area contributed by atoms with Crippen LogP contribution in [0, 0.1) is 0 Å². The molecule has 3 N–H and O–H groups in total. The van der Waals surface area contributed by atoms with E-state index in [1.165, 1.54) is 44.5 Å². The summed E-state index contributed by atoms with van der Waals surface area (Å²) in [6, 6.07) is 6.56. The molecule has 0 atom stereocenters. The van der Waals surface area contributed by atoms with Gasteiger partial charge in [0.1, 0.15) is 5.36 Å². The zero-order chi connectivity index (χ0) is 30.8. The average Bonchev–Trinajstić information content (AvgIpc) is 3.79. The molecule has 0 saturated carbocycles. The number of nitrogens with one attached hydrogen (secondary N) is 3. The number of aromatic amines is 3. The molecule has 5 rings (SSSR count). The van der Waals surface area contributed by atoms with E-state index in [1.54, 1.807) is 0 Å². The normalized spacial score (nSPS) is 13.1. The lowest BCUT2D eigenvalue weighted by atomic mass is 9.94. The van der Waals surface area contributed by atoms with Gasteiger partial charge in [-0.1, -0.05) is 55.4 Å². The summed E-state index contributed by atoms with van der Waals surface area (Å²) in [6.07, 6.45) is 7.71. The van der Waals surface area contributed by atoms with E-state index < -0.39 is 0 Å². The van der Waals surface area contributed by atoms with E-state index in [1.807, 2.05) is 0 Å². The predicted octanol–water partition coefficient (Wildman–Crippen LogP) is 8.69. The van der Waals surface area contributed by atoms with Gasteiger partial charge in [-0.05, 0) is 103 Å². The van der Waals surface area contributed by atoms with Crippen molar-refractivity contribution >= 4 is 50.7 Å². The highest BCUT2D eigenvalue weighted by Crippen LogP contribution is 2.39. The van der Waals surface area contributed by atoms with Gasteiger partial charge in [-0.15, -0.1) is 0 Å². The molecule has 0 spiro atoms. The minimum absolute atomic E-state index is 0.687. The molecule has 1 aliphatic rings. The lowest BCUT2D eigenvalue weighted by Gasteiger charge is -2.09. The largest absolute Gasteiger partial charge is 0.355 e. The van der Waals surface area contributed by atoms with Gasteiger partial charge in [-0.25, -0.2) is 9.98 Å². The fraction of sp³-hybridized carbons (Fsp3) is 0.432. The third-order valence-corrected chi connectivity index (χ3v) is 9.32. The number of H-pyrrole nitrogens is 3. The molecule has 43 heavy (non-hydrogen) atoms. The summed E-state index contributed by atoms with van der Waals surface area (Å²) >= 11 is 0. The van der Waals surface area contributed by atoms with Crippen molar-refractivity contribution in [3.05, 3.63) is 68.3 Å². The SMILES string of the molecule is CCC1=C(CC)c2nc1c(CC)c1ccc(cc3[nH]c(c(CC)c3CC)c(=NC=O)c3[nH]c(c2CC)c(CC)c3CC)[nH]1. The summed E-state index contributed by atoms with van der Waals surface area (Å²) in [5.74, 6) is 0. The van der Waals surface area contributed by atoms with Crippen LogP contribution in [0.15, 0.2) is 23.2 Å². The Bertz CT molecular complexity index is 1930. The van der Waals surface area contributed by atoms with Crippen LogP contribution in [0.25, 0.3) is 44.2 Å². The second-order valence-electron chi connectivity index (χ2n) is 11.3. The summed E-state index contributed by atoms with van der Waals surface area (Å²) in [7, 11) is 0. The van der Waals surface area contributed by atoms with Crippen molar-refractivity contribution in [2.24, 2.45) is 4.99 Å². The van der Waals surface area contributed by atoms with Crippen LogP contribution in [-0.2, 0) is 43.3 Å². The molecule has 0 aromatic carbocycles. The molecule has 4 aromatic heterocycles. The Morgan fingerprint density at radius 1 is 0.581 bits per heavy atom. The molecular weight excluding hydrogens is 530 g/mol. The Balaban J connectivity index is 2.20. The molecule has 6 heteroatoms. The Hall–Kier alpha value is -3.93. The molecule has 8 bridgehead atoms.